The Balaban J connectivity index is 1.42. The lowest BCUT2D eigenvalue weighted by atomic mass is 9.88. The number of nitrogens with one attached hydrogen (secondary N) is 1. The molecule has 3 N–H and O–H groups in total. The molecular weight excluding hydrogens is 533 g/mol. The van der Waals surface area contributed by atoms with Gasteiger partial charge in [0.2, 0.25) is 0 Å². The molecule has 6 rings (SSSR count). The number of aromatic nitrogens is 4. The molecule has 4 aromatic rings. The van der Waals surface area contributed by atoms with Gasteiger partial charge in [0.15, 0.2) is 15.5 Å². The lowest BCUT2D eigenvalue weighted by Gasteiger charge is -2.39. The van der Waals surface area contributed by atoms with Crippen LogP contribution < -0.4 is 11.1 Å². The molecule has 2 aliphatic rings. The molecule has 2 fully saturated rings. The molecule has 40 heavy (non-hydrogen) atoms. The number of nitrogens with zero attached hydrogens (tertiary/aromatic N) is 5. The van der Waals surface area contributed by atoms with Crippen molar-refractivity contribution in [2.75, 3.05) is 18.5 Å². The molecule has 2 aliphatic heterocycles. The second-order valence-electron chi connectivity index (χ2n) is 10.5. The van der Waals surface area contributed by atoms with Crippen molar-refractivity contribution < 1.29 is 17.6 Å². The first-order chi connectivity index (χ1) is 19.2. The normalized spacial score (nSPS) is 20.7. The van der Waals surface area contributed by atoms with Crippen molar-refractivity contribution in [1.29, 1.82) is 0 Å². The van der Waals surface area contributed by atoms with E-state index >= 15 is 0 Å². The van der Waals surface area contributed by atoms with Crippen molar-refractivity contribution in [1.82, 2.24) is 29.8 Å². The summed E-state index contributed by atoms with van der Waals surface area (Å²) < 4.78 is 41.6. The molecule has 5 heterocycles. The number of hydrogen-bond acceptors (Lipinski definition) is 7. The maximum absolute atomic E-state index is 14.3. The van der Waals surface area contributed by atoms with E-state index in [1.807, 2.05) is 11.8 Å². The molecule has 3 aromatic heterocycles. The van der Waals surface area contributed by atoms with E-state index in [2.05, 4.69) is 15.4 Å². The van der Waals surface area contributed by atoms with Gasteiger partial charge in [0.1, 0.15) is 16.5 Å². The first-order valence-electron chi connectivity index (χ1n) is 13.3. The summed E-state index contributed by atoms with van der Waals surface area (Å²) >= 11 is 0. The van der Waals surface area contributed by atoms with Crippen LogP contribution in [0, 0.1) is 5.82 Å². The number of benzene rings is 1. The van der Waals surface area contributed by atoms with Crippen molar-refractivity contribution in [3.05, 3.63) is 60.3 Å². The monoisotopic (exact) mass is 563 g/mol. The minimum atomic E-state index is -3.74. The van der Waals surface area contributed by atoms with Crippen molar-refractivity contribution in [3.63, 3.8) is 0 Å². The quantitative estimate of drug-likeness (QED) is 0.374. The Hall–Kier alpha value is -4.06. The molecule has 0 radical (unpaired) electrons. The third-order valence-electron chi connectivity index (χ3n) is 7.94. The fraction of sp³-hybridized carbons (Fsp3) is 0.357. The Labute approximate surface area is 231 Å². The summed E-state index contributed by atoms with van der Waals surface area (Å²) in [4.78, 5) is 23.9. The lowest BCUT2D eigenvalue weighted by Crippen LogP contribution is -2.50. The molecule has 0 saturated carbocycles. The van der Waals surface area contributed by atoms with Crippen LogP contribution in [-0.2, 0) is 9.84 Å². The molecule has 1 aromatic carbocycles. The fourth-order valence-electron chi connectivity index (χ4n) is 6.23. The number of nitrogen functional groups attached to an aromatic ring is 1. The van der Waals surface area contributed by atoms with Crippen LogP contribution >= 0.6 is 0 Å². The number of fused-ring (bicyclic) bond motifs is 3. The number of sulfone groups is 1. The average Bonchev–Trinajstić information content (AvgIpc) is 3.46. The SMILES string of the molecule is CCNC(=O)N1C2CC[C@H]1CC(c1nc3c(-c4ccc(-c5ccccc5F)nc4)cnn3c(N)c1S(C)(=O)=O)C2. The van der Waals surface area contributed by atoms with Gasteiger partial charge < -0.3 is 16.0 Å². The van der Waals surface area contributed by atoms with Gasteiger partial charge in [0.05, 0.1) is 17.6 Å². The predicted octanol–water partition coefficient (Wildman–Crippen LogP) is 4.02. The standard InChI is InChI=1S/C28H30FN7O3S/c1-3-31-28(37)35-18-9-10-19(35)13-17(12-18)24-25(40(2,38)39)26(30)36-27(34-24)21(15-33-36)16-8-11-23(32-14-16)20-6-4-5-7-22(20)29/h4-8,11,14-15,17-19H,3,9-10,12-13,30H2,1-2H3,(H,31,37)/t17?,18-,19?/m0/s1. The van der Waals surface area contributed by atoms with Gasteiger partial charge >= 0.3 is 6.03 Å². The highest BCUT2D eigenvalue weighted by atomic mass is 32.2. The number of halogens is 1. The van der Waals surface area contributed by atoms with E-state index < -0.39 is 9.84 Å². The molecule has 10 nitrogen and oxygen atoms in total. The van der Waals surface area contributed by atoms with Gasteiger partial charge in [-0.15, -0.1) is 0 Å². The minimum absolute atomic E-state index is 0.00136. The number of anilines is 1. The van der Waals surface area contributed by atoms with E-state index in [0.717, 1.165) is 19.1 Å². The van der Waals surface area contributed by atoms with Gasteiger partial charge in [0.25, 0.3) is 0 Å². The van der Waals surface area contributed by atoms with Crippen LogP contribution in [0.15, 0.2) is 53.7 Å². The minimum Gasteiger partial charge on any atom is -0.382 e. The number of pyridine rings is 1. The zero-order chi connectivity index (χ0) is 28.2. The number of hydrogen-bond donors (Lipinski definition) is 2. The molecule has 12 heteroatoms. The van der Waals surface area contributed by atoms with Gasteiger partial charge in [-0.05, 0) is 50.8 Å². The summed E-state index contributed by atoms with van der Waals surface area (Å²) in [5.74, 6) is -0.550. The molecule has 3 atom stereocenters. The smallest absolute Gasteiger partial charge is 0.317 e. The van der Waals surface area contributed by atoms with Crippen LogP contribution in [0.3, 0.4) is 0 Å². The lowest BCUT2D eigenvalue weighted by molar-refractivity contribution is 0.137. The maximum Gasteiger partial charge on any atom is 0.317 e. The fourth-order valence-corrected chi connectivity index (χ4v) is 7.29. The number of urea groups is 1. The molecule has 208 valence electrons. The Bertz CT molecular complexity index is 1710. The second-order valence-corrected chi connectivity index (χ2v) is 12.4. The van der Waals surface area contributed by atoms with E-state index in [1.54, 1.807) is 42.7 Å². The molecule has 2 saturated heterocycles. The van der Waals surface area contributed by atoms with Gasteiger partial charge in [-0.2, -0.15) is 9.61 Å². The third-order valence-corrected chi connectivity index (χ3v) is 9.10. The first-order valence-corrected chi connectivity index (χ1v) is 15.2. The van der Waals surface area contributed by atoms with Crippen molar-refractivity contribution >= 4 is 27.3 Å². The molecule has 2 amide bonds. The highest BCUT2D eigenvalue weighted by Crippen LogP contribution is 2.45. The van der Waals surface area contributed by atoms with Gasteiger partial charge in [-0.25, -0.2) is 22.6 Å². The Kier molecular flexibility index (Phi) is 6.44. The molecule has 0 aliphatic carbocycles. The van der Waals surface area contributed by atoms with E-state index in [9.17, 15) is 17.6 Å². The second kappa shape index (κ2) is 9.84. The predicted molar refractivity (Wildman–Crippen MR) is 149 cm³/mol. The number of nitrogens with two attached hydrogens (primary N) is 1. The van der Waals surface area contributed by atoms with Crippen LogP contribution in [0.5, 0.6) is 0 Å². The van der Waals surface area contributed by atoms with Crippen LogP contribution in [0.2, 0.25) is 0 Å². The molecule has 2 bridgehead atoms. The number of carbonyl (C=O) groups is 1. The van der Waals surface area contributed by atoms with Crippen molar-refractivity contribution in [2.24, 2.45) is 0 Å². The first kappa shape index (κ1) is 26.2. The summed E-state index contributed by atoms with van der Waals surface area (Å²) in [6, 6.07) is 9.88. The molecule has 0 spiro atoms. The van der Waals surface area contributed by atoms with E-state index in [1.165, 1.54) is 10.6 Å². The zero-order valence-electron chi connectivity index (χ0n) is 22.2. The van der Waals surface area contributed by atoms with Crippen LogP contribution in [0.1, 0.15) is 44.2 Å². The van der Waals surface area contributed by atoms with Crippen LogP contribution in [0.25, 0.3) is 28.0 Å². The van der Waals surface area contributed by atoms with Gasteiger partial charge in [0, 0.05) is 53.7 Å². The van der Waals surface area contributed by atoms with E-state index in [4.69, 9.17) is 10.7 Å². The van der Waals surface area contributed by atoms with Crippen LogP contribution in [0.4, 0.5) is 15.0 Å². The Morgan fingerprint density at radius 3 is 2.45 bits per heavy atom. The topological polar surface area (TPSA) is 136 Å². The van der Waals surface area contributed by atoms with E-state index in [0.29, 0.717) is 53.1 Å². The average molecular weight is 564 g/mol. The Morgan fingerprint density at radius 1 is 1.10 bits per heavy atom. The molecular formula is C28H30FN7O3S. The van der Waals surface area contributed by atoms with E-state index in [-0.39, 0.29) is 40.6 Å². The number of carbonyl (C=O) groups excluding carboxylic acids is 1. The highest BCUT2D eigenvalue weighted by molar-refractivity contribution is 7.91. The summed E-state index contributed by atoms with van der Waals surface area (Å²) in [6.45, 7) is 2.43. The highest BCUT2D eigenvalue weighted by Gasteiger charge is 2.45. The molecule has 2 unspecified atom stereocenters. The van der Waals surface area contributed by atoms with Gasteiger partial charge in [-0.1, -0.05) is 18.2 Å². The summed E-state index contributed by atoms with van der Waals surface area (Å²) in [5.41, 5.74) is 9.49. The van der Waals surface area contributed by atoms with Crippen LogP contribution in [-0.4, -0.2) is 63.8 Å². The maximum atomic E-state index is 14.3. The number of amides is 2. The third kappa shape index (κ3) is 4.36. The van der Waals surface area contributed by atoms with Gasteiger partial charge in [-0.3, -0.25) is 4.98 Å². The summed E-state index contributed by atoms with van der Waals surface area (Å²) in [5, 5.41) is 7.26. The largest absolute Gasteiger partial charge is 0.382 e. The zero-order valence-corrected chi connectivity index (χ0v) is 23.0. The van der Waals surface area contributed by atoms with Crippen molar-refractivity contribution in [2.45, 2.75) is 55.5 Å². The summed E-state index contributed by atoms with van der Waals surface area (Å²) in [7, 11) is -3.74. The number of piperidine rings is 1. The Morgan fingerprint density at radius 2 is 1.82 bits per heavy atom. The number of rotatable bonds is 5. The van der Waals surface area contributed by atoms with Crippen molar-refractivity contribution in [3.8, 4) is 22.4 Å². The summed E-state index contributed by atoms with van der Waals surface area (Å²) in [6.07, 6.45) is 7.25.